The van der Waals surface area contributed by atoms with E-state index in [0.29, 0.717) is 17.7 Å². The molecule has 3 rings (SSSR count). The molecule has 1 aliphatic rings. The molecule has 2 aromatic heterocycles. The first kappa shape index (κ1) is 14.6. The minimum atomic E-state index is -1.05. The van der Waals surface area contributed by atoms with Gasteiger partial charge in [0.2, 0.25) is 5.95 Å². The van der Waals surface area contributed by atoms with Gasteiger partial charge in [-0.3, -0.25) is 14.7 Å². The number of aromatic nitrogens is 4. The smallest absolute Gasteiger partial charge is 0.308 e. The lowest BCUT2D eigenvalue weighted by Crippen LogP contribution is -2.38. The summed E-state index contributed by atoms with van der Waals surface area (Å²) in [4.78, 5) is 34.1. The fourth-order valence-corrected chi connectivity index (χ4v) is 2.94. The van der Waals surface area contributed by atoms with Crippen molar-refractivity contribution in [2.45, 2.75) is 45.6 Å². The number of aromatic amines is 1. The number of hydrogen-bond acceptors (Lipinski definition) is 5. The number of aryl methyl sites for hydroxylation is 1. The minimum Gasteiger partial charge on any atom is -0.481 e. The number of rotatable bonds is 3. The summed E-state index contributed by atoms with van der Waals surface area (Å²) in [6.07, 6.45) is 3.03. The van der Waals surface area contributed by atoms with Crippen LogP contribution in [0.3, 0.4) is 0 Å². The highest BCUT2D eigenvalue weighted by Crippen LogP contribution is 2.21. The van der Waals surface area contributed by atoms with Gasteiger partial charge in [-0.25, -0.2) is 4.98 Å². The fraction of sp³-hybridized carbons (Fsp3) is 0.571. The zero-order chi connectivity index (χ0) is 15.9. The third kappa shape index (κ3) is 2.44. The molecular formula is C14H19N5O3. The van der Waals surface area contributed by atoms with Crippen molar-refractivity contribution >= 4 is 17.7 Å². The monoisotopic (exact) mass is 305 g/mol. The predicted molar refractivity (Wildman–Crippen MR) is 80.3 cm³/mol. The molecule has 0 amide bonds. The third-order valence-electron chi connectivity index (χ3n) is 4.19. The van der Waals surface area contributed by atoms with Crippen LogP contribution in [0.25, 0.3) is 5.78 Å². The highest BCUT2D eigenvalue weighted by atomic mass is 16.4. The summed E-state index contributed by atoms with van der Waals surface area (Å²) in [7, 11) is 0. The molecule has 1 unspecified atom stereocenters. The molecule has 0 aliphatic carbocycles. The second-order valence-electron chi connectivity index (χ2n) is 5.77. The van der Waals surface area contributed by atoms with E-state index in [0.717, 1.165) is 19.4 Å². The van der Waals surface area contributed by atoms with Gasteiger partial charge in [-0.2, -0.15) is 9.50 Å². The van der Waals surface area contributed by atoms with Gasteiger partial charge in [0.1, 0.15) is 0 Å². The molecule has 8 nitrogen and oxygen atoms in total. The predicted octanol–water partition coefficient (Wildman–Crippen LogP) is 0.732. The minimum absolute atomic E-state index is 0.187. The zero-order valence-corrected chi connectivity index (χ0v) is 12.7. The zero-order valence-electron chi connectivity index (χ0n) is 12.7. The quantitative estimate of drug-likeness (QED) is 0.866. The molecule has 0 aromatic carbocycles. The van der Waals surface area contributed by atoms with Gasteiger partial charge < -0.3 is 10.0 Å². The van der Waals surface area contributed by atoms with Crippen LogP contribution in [-0.2, 0) is 11.2 Å². The average Bonchev–Trinajstić information content (AvgIpc) is 2.87. The molecule has 0 bridgehead atoms. The molecule has 1 saturated heterocycles. The maximum atomic E-state index is 12.4. The fourth-order valence-electron chi connectivity index (χ4n) is 2.94. The van der Waals surface area contributed by atoms with Gasteiger partial charge in [-0.1, -0.05) is 0 Å². The van der Waals surface area contributed by atoms with Crippen molar-refractivity contribution in [2.75, 3.05) is 11.4 Å². The van der Waals surface area contributed by atoms with Crippen LogP contribution in [0.15, 0.2) is 4.79 Å². The summed E-state index contributed by atoms with van der Waals surface area (Å²) in [6.45, 7) is 4.65. The molecule has 0 spiro atoms. The van der Waals surface area contributed by atoms with Crippen molar-refractivity contribution in [3.05, 3.63) is 21.6 Å². The van der Waals surface area contributed by atoms with Gasteiger partial charge in [0.15, 0.2) is 0 Å². The van der Waals surface area contributed by atoms with Crippen molar-refractivity contribution in [1.82, 2.24) is 19.6 Å². The topological polar surface area (TPSA) is 104 Å². The number of carboxylic acids is 1. The number of anilines is 1. The van der Waals surface area contributed by atoms with Crippen molar-refractivity contribution in [3.8, 4) is 0 Å². The molecule has 118 valence electrons. The van der Waals surface area contributed by atoms with Crippen LogP contribution in [-0.4, -0.2) is 43.2 Å². The Labute approximate surface area is 126 Å². The highest BCUT2D eigenvalue weighted by molar-refractivity contribution is 5.70. The lowest BCUT2D eigenvalue weighted by atomic mass is 10.0. The highest BCUT2D eigenvalue weighted by Gasteiger charge is 2.23. The lowest BCUT2D eigenvalue weighted by molar-refractivity contribution is -0.136. The van der Waals surface area contributed by atoms with Crippen molar-refractivity contribution in [1.29, 1.82) is 0 Å². The summed E-state index contributed by atoms with van der Waals surface area (Å²) in [6, 6.07) is 0.351. The number of piperidine rings is 1. The molecule has 3 heterocycles. The second kappa shape index (κ2) is 5.43. The van der Waals surface area contributed by atoms with Gasteiger partial charge >= 0.3 is 5.97 Å². The van der Waals surface area contributed by atoms with Gasteiger partial charge in [-0.15, -0.1) is 0 Å². The lowest BCUT2D eigenvalue weighted by Gasteiger charge is -2.32. The van der Waals surface area contributed by atoms with Crippen LogP contribution in [0.4, 0.5) is 5.95 Å². The first-order chi connectivity index (χ1) is 10.5. The Morgan fingerprint density at radius 2 is 2.18 bits per heavy atom. The first-order valence-corrected chi connectivity index (χ1v) is 7.44. The number of hydrogen-bond donors (Lipinski definition) is 2. The maximum Gasteiger partial charge on any atom is 0.308 e. The van der Waals surface area contributed by atoms with E-state index in [1.54, 1.807) is 6.92 Å². The largest absolute Gasteiger partial charge is 0.481 e. The molecule has 1 aliphatic heterocycles. The Morgan fingerprint density at radius 3 is 2.86 bits per heavy atom. The Balaban J connectivity index is 2.08. The number of H-pyrrole nitrogens is 1. The summed E-state index contributed by atoms with van der Waals surface area (Å²) in [5.74, 6) is -0.153. The van der Waals surface area contributed by atoms with E-state index in [2.05, 4.69) is 26.9 Å². The molecular weight excluding hydrogens is 286 g/mol. The number of aliphatic carboxylic acids is 1. The summed E-state index contributed by atoms with van der Waals surface area (Å²) < 4.78 is 1.24. The number of fused-ring (bicyclic) bond motifs is 1. The summed E-state index contributed by atoms with van der Waals surface area (Å²) in [5.41, 5.74) is 0.206. The van der Waals surface area contributed by atoms with Gasteiger partial charge in [0, 0.05) is 12.6 Å². The van der Waals surface area contributed by atoms with Crippen LogP contribution in [0, 0.1) is 6.92 Å². The van der Waals surface area contributed by atoms with Crippen LogP contribution < -0.4 is 10.5 Å². The molecule has 1 fully saturated rings. The molecule has 2 N–H and O–H groups in total. The van der Waals surface area contributed by atoms with Gasteiger partial charge in [0.05, 0.1) is 17.7 Å². The normalized spacial score (nSPS) is 18.8. The number of carbonyl (C=O) groups is 1. The van der Waals surface area contributed by atoms with E-state index in [1.807, 2.05) is 0 Å². The van der Waals surface area contributed by atoms with E-state index in [9.17, 15) is 9.59 Å². The summed E-state index contributed by atoms with van der Waals surface area (Å²) >= 11 is 0. The van der Waals surface area contributed by atoms with E-state index in [1.165, 1.54) is 10.9 Å². The van der Waals surface area contributed by atoms with E-state index >= 15 is 0 Å². The Morgan fingerprint density at radius 1 is 1.41 bits per heavy atom. The molecule has 22 heavy (non-hydrogen) atoms. The van der Waals surface area contributed by atoms with E-state index < -0.39 is 11.5 Å². The van der Waals surface area contributed by atoms with Crippen molar-refractivity contribution in [2.24, 2.45) is 0 Å². The first-order valence-electron chi connectivity index (χ1n) is 7.44. The number of nitrogens with zero attached hydrogens (tertiary/aromatic N) is 4. The molecule has 1 atom stereocenters. The van der Waals surface area contributed by atoms with E-state index in [-0.39, 0.29) is 17.8 Å². The number of nitrogens with one attached hydrogen (secondary N) is 1. The average molecular weight is 305 g/mol. The number of carboxylic acid groups (broad SMARTS) is 1. The Bertz CT molecular complexity index is 779. The van der Waals surface area contributed by atoms with Crippen molar-refractivity contribution in [3.63, 3.8) is 0 Å². The van der Waals surface area contributed by atoms with Crippen LogP contribution >= 0.6 is 0 Å². The van der Waals surface area contributed by atoms with Gasteiger partial charge in [0.25, 0.3) is 11.3 Å². The summed E-state index contributed by atoms with van der Waals surface area (Å²) in [5, 5.41) is 11.9. The van der Waals surface area contributed by atoms with E-state index in [4.69, 9.17) is 5.11 Å². The van der Waals surface area contributed by atoms with Crippen LogP contribution in [0.2, 0.25) is 0 Å². The third-order valence-corrected chi connectivity index (χ3v) is 4.19. The van der Waals surface area contributed by atoms with Crippen molar-refractivity contribution < 1.29 is 9.90 Å². The molecule has 0 saturated carbocycles. The van der Waals surface area contributed by atoms with Crippen LogP contribution in [0.1, 0.15) is 37.4 Å². The molecule has 8 heteroatoms. The second-order valence-corrected chi connectivity index (χ2v) is 5.77. The molecule has 2 aromatic rings. The maximum absolute atomic E-state index is 12.4. The molecule has 0 radical (unpaired) electrons. The SMILES string of the molecule is Cc1nc2nc(N3CCCCC3C)[nH]n2c(=O)c1CC(=O)O. The Hall–Kier alpha value is -2.38. The standard InChI is InChI=1S/C14H19N5O3/c1-8-5-3-4-6-18(8)14-16-13-15-9(2)10(7-11(20)21)12(22)19(13)17-14/h8H,3-7H2,1-2H3,(H,20,21)(H,15,16,17). The van der Waals surface area contributed by atoms with Crippen LogP contribution in [0.5, 0.6) is 0 Å². The van der Waals surface area contributed by atoms with Gasteiger partial charge in [-0.05, 0) is 33.1 Å². The Kier molecular flexibility index (Phi) is 3.59.